The van der Waals surface area contributed by atoms with Gasteiger partial charge in [-0.25, -0.2) is 4.39 Å². The SMILES string of the molecule is O=C(CNC(=O)Cc1cccc(F)c1)NCc1ccc(CN2CCOCC2)cc1. The Balaban J connectivity index is 1.36. The lowest BCUT2D eigenvalue weighted by molar-refractivity contribution is -0.125. The van der Waals surface area contributed by atoms with Gasteiger partial charge < -0.3 is 15.4 Å². The van der Waals surface area contributed by atoms with Gasteiger partial charge in [0.2, 0.25) is 11.8 Å². The molecule has 1 saturated heterocycles. The minimum atomic E-state index is -0.385. The predicted molar refractivity (Wildman–Crippen MR) is 107 cm³/mol. The van der Waals surface area contributed by atoms with Gasteiger partial charge in [0.25, 0.3) is 0 Å². The molecule has 2 amide bonds. The van der Waals surface area contributed by atoms with Gasteiger partial charge >= 0.3 is 0 Å². The van der Waals surface area contributed by atoms with Gasteiger partial charge in [-0.3, -0.25) is 14.5 Å². The van der Waals surface area contributed by atoms with Crippen molar-refractivity contribution >= 4 is 11.8 Å². The van der Waals surface area contributed by atoms with Gasteiger partial charge in [-0.2, -0.15) is 0 Å². The third kappa shape index (κ3) is 7.29. The van der Waals surface area contributed by atoms with E-state index in [2.05, 4.69) is 27.7 Å². The number of halogens is 1. The molecule has 6 nitrogen and oxygen atoms in total. The third-order valence-electron chi connectivity index (χ3n) is 4.72. The molecule has 0 unspecified atom stereocenters. The Morgan fingerprint density at radius 1 is 0.931 bits per heavy atom. The second kappa shape index (κ2) is 10.7. The Morgan fingerprint density at radius 3 is 2.38 bits per heavy atom. The first-order chi connectivity index (χ1) is 14.1. The molecule has 1 aliphatic rings. The maximum atomic E-state index is 13.1. The van der Waals surface area contributed by atoms with Crippen molar-refractivity contribution in [3.8, 4) is 0 Å². The zero-order valence-electron chi connectivity index (χ0n) is 16.3. The third-order valence-corrected chi connectivity index (χ3v) is 4.72. The fourth-order valence-corrected chi connectivity index (χ4v) is 3.12. The number of benzene rings is 2. The lowest BCUT2D eigenvalue weighted by Gasteiger charge is -2.26. The van der Waals surface area contributed by atoms with Gasteiger partial charge in [0.1, 0.15) is 5.82 Å². The lowest BCUT2D eigenvalue weighted by Crippen LogP contribution is -2.37. The molecule has 0 bridgehead atoms. The maximum Gasteiger partial charge on any atom is 0.239 e. The lowest BCUT2D eigenvalue weighted by atomic mass is 10.1. The Morgan fingerprint density at radius 2 is 1.66 bits per heavy atom. The van der Waals surface area contributed by atoms with E-state index in [4.69, 9.17) is 4.74 Å². The first kappa shape index (κ1) is 21.0. The first-order valence-electron chi connectivity index (χ1n) is 9.74. The normalized spacial score (nSPS) is 14.4. The zero-order chi connectivity index (χ0) is 20.5. The number of carbonyl (C=O) groups is 2. The molecule has 0 atom stereocenters. The molecular weight excluding hydrogens is 373 g/mol. The standard InChI is InChI=1S/C22H26FN3O3/c23-20-3-1-2-19(12-20)13-21(27)25-15-22(28)24-14-17-4-6-18(7-5-17)16-26-8-10-29-11-9-26/h1-7,12H,8-11,13-16H2,(H,24,28)(H,25,27). The minimum absolute atomic E-state index is 0.0373. The summed E-state index contributed by atoms with van der Waals surface area (Å²) in [6, 6.07) is 14.0. The Kier molecular flexibility index (Phi) is 7.72. The highest BCUT2D eigenvalue weighted by molar-refractivity contribution is 5.85. The number of rotatable bonds is 8. The van der Waals surface area contributed by atoms with Crippen LogP contribution in [0.25, 0.3) is 0 Å². The molecule has 29 heavy (non-hydrogen) atoms. The fraction of sp³-hybridized carbons (Fsp3) is 0.364. The number of nitrogens with zero attached hydrogens (tertiary/aromatic N) is 1. The first-order valence-corrected chi connectivity index (χ1v) is 9.74. The molecule has 2 N–H and O–H groups in total. The van der Waals surface area contributed by atoms with Crippen LogP contribution in [0, 0.1) is 5.82 Å². The fourth-order valence-electron chi connectivity index (χ4n) is 3.12. The molecule has 0 radical (unpaired) electrons. The van der Waals surface area contributed by atoms with Crippen LogP contribution < -0.4 is 10.6 Å². The molecule has 2 aromatic carbocycles. The van der Waals surface area contributed by atoms with Gasteiger partial charge in [-0.15, -0.1) is 0 Å². The number of nitrogens with one attached hydrogen (secondary N) is 2. The van der Waals surface area contributed by atoms with E-state index in [1.807, 2.05) is 12.1 Å². The van der Waals surface area contributed by atoms with Crippen molar-refractivity contribution in [3.63, 3.8) is 0 Å². The quantitative estimate of drug-likeness (QED) is 0.708. The molecule has 1 aliphatic heterocycles. The van der Waals surface area contributed by atoms with E-state index in [9.17, 15) is 14.0 Å². The summed E-state index contributed by atoms with van der Waals surface area (Å²) in [4.78, 5) is 26.2. The number of carbonyl (C=O) groups excluding carboxylic acids is 2. The molecule has 1 heterocycles. The summed E-state index contributed by atoms with van der Waals surface area (Å²) in [7, 11) is 0. The van der Waals surface area contributed by atoms with Crippen LogP contribution in [0.5, 0.6) is 0 Å². The van der Waals surface area contributed by atoms with Crippen molar-refractivity contribution in [2.45, 2.75) is 19.5 Å². The number of amides is 2. The van der Waals surface area contributed by atoms with Crippen LogP contribution in [0.2, 0.25) is 0 Å². The highest BCUT2D eigenvalue weighted by Gasteiger charge is 2.11. The second-order valence-corrected chi connectivity index (χ2v) is 7.07. The molecule has 7 heteroatoms. The minimum Gasteiger partial charge on any atom is -0.379 e. The number of hydrogen-bond donors (Lipinski definition) is 2. The van der Waals surface area contributed by atoms with Gasteiger partial charge in [-0.1, -0.05) is 36.4 Å². The molecule has 1 fully saturated rings. The van der Waals surface area contributed by atoms with Crippen LogP contribution in [0.15, 0.2) is 48.5 Å². The van der Waals surface area contributed by atoms with E-state index in [1.165, 1.54) is 17.7 Å². The van der Waals surface area contributed by atoms with Crippen molar-refractivity contribution in [2.75, 3.05) is 32.8 Å². The Bertz CT molecular complexity index is 820. The average Bonchev–Trinajstić information content (AvgIpc) is 2.72. The van der Waals surface area contributed by atoms with E-state index < -0.39 is 0 Å². The summed E-state index contributed by atoms with van der Waals surface area (Å²) in [5.41, 5.74) is 2.79. The van der Waals surface area contributed by atoms with Crippen molar-refractivity contribution in [1.29, 1.82) is 0 Å². The molecule has 0 saturated carbocycles. The van der Waals surface area contributed by atoms with Crippen molar-refractivity contribution in [2.24, 2.45) is 0 Å². The largest absolute Gasteiger partial charge is 0.379 e. The molecule has 2 aromatic rings. The van der Waals surface area contributed by atoms with Gasteiger partial charge in [0, 0.05) is 26.2 Å². The summed E-state index contributed by atoms with van der Waals surface area (Å²) in [6.07, 6.45) is 0.0373. The summed E-state index contributed by atoms with van der Waals surface area (Å²) in [5.74, 6) is -0.975. The van der Waals surface area contributed by atoms with E-state index >= 15 is 0 Å². The van der Waals surface area contributed by atoms with Crippen LogP contribution >= 0.6 is 0 Å². The summed E-state index contributed by atoms with van der Waals surface area (Å²) in [6.45, 7) is 4.64. The van der Waals surface area contributed by atoms with E-state index in [1.54, 1.807) is 12.1 Å². The van der Waals surface area contributed by atoms with Gasteiger partial charge in [0.15, 0.2) is 0 Å². The van der Waals surface area contributed by atoms with Gasteiger partial charge in [0.05, 0.1) is 26.2 Å². The van der Waals surface area contributed by atoms with Crippen molar-refractivity contribution in [3.05, 3.63) is 71.0 Å². The predicted octanol–water partition coefficient (Wildman–Crippen LogP) is 1.63. The summed E-state index contributed by atoms with van der Waals surface area (Å²) >= 11 is 0. The highest BCUT2D eigenvalue weighted by atomic mass is 19.1. The number of hydrogen-bond acceptors (Lipinski definition) is 4. The second-order valence-electron chi connectivity index (χ2n) is 7.07. The number of ether oxygens (including phenoxy) is 1. The molecule has 0 aromatic heterocycles. The van der Waals surface area contributed by atoms with E-state index in [0.717, 1.165) is 38.4 Å². The highest BCUT2D eigenvalue weighted by Crippen LogP contribution is 2.09. The van der Waals surface area contributed by atoms with Crippen molar-refractivity contribution < 1.29 is 18.7 Å². The van der Waals surface area contributed by atoms with Crippen LogP contribution in [-0.2, 0) is 33.8 Å². The molecule has 3 rings (SSSR count). The average molecular weight is 399 g/mol. The van der Waals surface area contributed by atoms with E-state index in [0.29, 0.717) is 12.1 Å². The summed E-state index contributed by atoms with van der Waals surface area (Å²) in [5, 5.41) is 5.34. The maximum absolute atomic E-state index is 13.1. The Labute approximate surface area is 170 Å². The van der Waals surface area contributed by atoms with Gasteiger partial charge in [-0.05, 0) is 28.8 Å². The van der Waals surface area contributed by atoms with Crippen LogP contribution in [0.3, 0.4) is 0 Å². The summed E-state index contributed by atoms with van der Waals surface area (Å²) < 4.78 is 18.5. The molecule has 0 spiro atoms. The molecular formula is C22H26FN3O3. The topological polar surface area (TPSA) is 70.7 Å². The van der Waals surface area contributed by atoms with E-state index in [-0.39, 0.29) is 30.6 Å². The monoisotopic (exact) mass is 399 g/mol. The van der Waals surface area contributed by atoms with Crippen molar-refractivity contribution in [1.82, 2.24) is 15.5 Å². The zero-order valence-corrected chi connectivity index (χ0v) is 16.3. The molecule has 154 valence electrons. The Hall–Kier alpha value is -2.77. The van der Waals surface area contributed by atoms with Crippen LogP contribution in [-0.4, -0.2) is 49.6 Å². The molecule has 0 aliphatic carbocycles. The smallest absolute Gasteiger partial charge is 0.239 e. The van der Waals surface area contributed by atoms with Crippen LogP contribution in [0.1, 0.15) is 16.7 Å². The number of morpholine rings is 1. The van der Waals surface area contributed by atoms with Crippen LogP contribution in [0.4, 0.5) is 4.39 Å².